The molecule has 0 amide bonds. The number of hydrogen-bond acceptors (Lipinski definition) is 7. The summed E-state index contributed by atoms with van der Waals surface area (Å²) >= 11 is 3.55. The average Bonchev–Trinajstić information content (AvgIpc) is 3.09. The molecular formula is C23H29BrN2O5. The van der Waals surface area contributed by atoms with Gasteiger partial charge in [-0.05, 0) is 52.7 Å². The molecule has 0 aromatic heterocycles. The van der Waals surface area contributed by atoms with Crippen molar-refractivity contribution < 1.29 is 24.1 Å². The molecule has 0 aliphatic carbocycles. The Bertz CT molecular complexity index is 917. The van der Waals surface area contributed by atoms with Gasteiger partial charge in [-0.3, -0.25) is 14.7 Å². The van der Waals surface area contributed by atoms with Gasteiger partial charge in [-0.2, -0.15) is 0 Å². The molecule has 0 spiro atoms. The highest BCUT2D eigenvalue weighted by atomic mass is 79.9. The van der Waals surface area contributed by atoms with Crippen molar-refractivity contribution in [2.45, 2.75) is 37.8 Å². The molecule has 168 valence electrons. The van der Waals surface area contributed by atoms with Gasteiger partial charge >= 0.3 is 0 Å². The molecule has 1 aromatic carbocycles. The lowest BCUT2D eigenvalue weighted by Gasteiger charge is -2.50. The molecule has 0 unspecified atom stereocenters. The number of fused-ring (bicyclic) bond motifs is 5. The van der Waals surface area contributed by atoms with Crippen LogP contribution in [0.4, 0.5) is 5.69 Å². The van der Waals surface area contributed by atoms with E-state index in [-0.39, 0.29) is 18.6 Å². The fourth-order valence-corrected chi connectivity index (χ4v) is 6.04. The van der Waals surface area contributed by atoms with E-state index in [0.717, 1.165) is 52.9 Å². The standard InChI is InChI=1S/C23H29BrN2O5/c1-4-14-10-26-8-7-23(28)20-18(6-5-17(24)21(20)30-3)25-22(23)19(26)9-16(14)15(11-29-2)12-31-13-27/h5-6,11,13-14,16,19,28H,4,7-10,12H2,1-3H3/b15-11-/t14-,16+,19+,23+/m1/s1. The molecule has 4 atom stereocenters. The summed E-state index contributed by atoms with van der Waals surface area (Å²) in [4.78, 5) is 18.2. The van der Waals surface area contributed by atoms with Crippen molar-refractivity contribution in [3.05, 3.63) is 34.0 Å². The lowest BCUT2D eigenvalue weighted by molar-refractivity contribution is -0.128. The minimum Gasteiger partial charge on any atom is -0.504 e. The summed E-state index contributed by atoms with van der Waals surface area (Å²) < 4.78 is 16.8. The second kappa shape index (κ2) is 8.92. The van der Waals surface area contributed by atoms with Crippen LogP contribution >= 0.6 is 15.9 Å². The van der Waals surface area contributed by atoms with Crippen molar-refractivity contribution in [3.8, 4) is 5.75 Å². The Morgan fingerprint density at radius 1 is 1.42 bits per heavy atom. The van der Waals surface area contributed by atoms with Gasteiger partial charge in [0.25, 0.3) is 6.47 Å². The van der Waals surface area contributed by atoms with E-state index in [4.69, 9.17) is 19.2 Å². The highest BCUT2D eigenvalue weighted by molar-refractivity contribution is 9.10. The summed E-state index contributed by atoms with van der Waals surface area (Å²) in [6.45, 7) is 4.56. The average molecular weight is 493 g/mol. The summed E-state index contributed by atoms with van der Waals surface area (Å²) in [6.07, 6.45) is 4.08. The van der Waals surface area contributed by atoms with Gasteiger partial charge < -0.3 is 19.3 Å². The highest BCUT2D eigenvalue weighted by Crippen LogP contribution is 2.53. The van der Waals surface area contributed by atoms with Crippen LogP contribution in [-0.4, -0.2) is 62.1 Å². The zero-order valence-corrected chi connectivity index (χ0v) is 19.7. The van der Waals surface area contributed by atoms with Crippen LogP contribution in [0.2, 0.25) is 0 Å². The first kappa shape index (κ1) is 22.3. The Balaban J connectivity index is 1.70. The van der Waals surface area contributed by atoms with Crippen molar-refractivity contribution in [1.82, 2.24) is 4.90 Å². The van der Waals surface area contributed by atoms with Gasteiger partial charge in [0, 0.05) is 18.7 Å². The Labute approximate surface area is 191 Å². The van der Waals surface area contributed by atoms with Crippen LogP contribution in [0.15, 0.2) is 33.4 Å². The molecule has 1 N–H and O–H groups in total. The van der Waals surface area contributed by atoms with Crippen molar-refractivity contribution in [3.63, 3.8) is 0 Å². The minimum atomic E-state index is -1.14. The van der Waals surface area contributed by atoms with Crippen LogP contribution in [0.25, 0.3) is 0 Å². The number of carbonyl (C=O) groups excluding carboxylic acids is 1. The van der Waals surface area contributed by atoms with E-state index in [1.165, 1.54) is 0 Å². The molecular weight excluding hydrogens is 464 g/mol. The van der Waals surface area contributed by atoms with Gasteiger partial charge in [-0.15, -0.1) is 0 Å². The molecule has 0 bridgehead atoms. The lowest BCUT2D eigenvalue weighted by Crippen LogP contribution is -2.60. The number of piperidine rings is 2. The molecule has 3 aliphatic heterocycles. The van der Waals surface area contributed by atoms with Crippen LogP contribution in [0, 0.1) is 11.8 Å². The van der Waals surface area contributed by atoms with Crippen LogP contribution in [0.1, 0.15) is 31.7 Å². The topological polar surface area (TPSA) is 80.6 Å². The van der Waals surface area contributed by atoms with Crippen LogP contribution in [-0.2, 0) is 19.9 Å². The molecule has 2 saturated heterocycles. The molecule has 0 radical (unpaired) electrons. The quantitative estimate of drug-likeness (QED) is 0.462. The SMILES string of the molecule is CC[C@@H]1CN2CC[C@@]3(O)C(=Nc4ccc(Br)c(OC)c43)[C@@H]2C[C@@H]1/C(=C\OC)COC=O. The van der Waals surface area contributed by atoms with Crippen LogP contribution in [0.3, 0.4) is 0 Å². The Morgan fingerprint density at radius 3 is 2.90 bits per heavy atom. The van der Waals surface area contributed by atoms with E-state index >= 15 is 0 Å². The summed E-state index contributed by atoms with van der Waals surface area (Å²) in [5, 5.41) is 11.9. The largest absolute Gasteiger partial charge is 0.504 e. The molecule has 8 heteroatoms. The molecule has 4 rings (SSSR count). The number of halogens is 1. The summed E-state index contributed by atoms with van der Waals surface area (Å²) in [6, 6.07) is 3.84. The maximum Gasteiger partial charge on any atom is 0.293 e. The predicted octanol–water partition coefficient (Wildman–Crippen LogP) is 3.56. The second-order valence-electron chi connectivity index (χ2n) is 8.44. The number of benzene rings is 1. The van der Waals surface area contributed by atoms with Crippen molar-refractivity contribution >= 4 is 33.8 Å². The van der Waals surface area contributed by atoms with E-state index in [1.54, 1.807) is 20.5 Å². The maximum atomic E-state index is 11.9. The highest BCUT2D eigenvalue weighted by Gasteiger charge is 2.54. The van der Waals surface area contributed by atoms with E-state index < -0.39 is 5.60 Å². The minimum absolute atomic E-state index is 0.00100. The van der Waals surface area contributed by atoms with Gasteiger partial charge in [0.2, 0.25) is 0 Å². The fraction of sp³-hybridized carbons (Fsp3) is 0.565. The summed E-state index contributed by atoms with van der Waals surface area (Å²) in [5.41, 5.74) is 2.14. The Hall–Kier alpha value is -1.90. The first-order valence-electron chi connectivity index (χ1n) is 10.7. The first-order valence-corrected chi connectivity index (χ1v) is 11.5. The van der Waals surface area contributed by atoms with Gasteiger partial charge in [0.1, 0.15) is 18.0 Å². The monoisotopic (exact) mass is 492 g/mol. The third-order valence-corrected chi connectivity index (χ3v) is 7.61. The smallest absolute Gasteiger partial charge is 0.293 e. The van der Waals surface area contributed by atoms with Gasteiger partial charge in [-0.25, -0.2) is 0 Å². The number of aliphatic hydroxyl groups is 1. The van der Waals surface area contributed by atoms with E-state index in [1.807, 2.05) is 12.1 Å². The van der Waals surface area contributed by atoms with Crippen LogP contribution < -0.4 is 4.74 Å². The van der Waals surface area contributed by atoms with E-state index in [2.05, 4.69) is 27.8 Å². The first-order chi connectivity index (χ1) is 15.0. The Morgan fingerprint density at radius 2 is 2.23 bits per heavy atom. The lowest BCUT2D eigenvalue weighted by atomic mass is 9.70. The molecule has 7 nitrogen and oxygen atoms in total. The van der Waals surface area contributed by atoms with Crippen molar-refractivity contribution in [2.24, 2.45) is 16.8 Å². The van der Waals surface area contributed by atoms with Crippen LogP contribution in [0.5, 0.6) is 5.75 Å². The normalized spacial score (nSPS) is 30.0. The predicted molar refractivity (Wildman–Crippen MR) is 121 cm³/mol. The Kier molecular flexibility index (Phi) is 6.42. The van der Waals surface area contributed by atoms with Gasteiger partial charge in [0.05, 0.1) is 48.0 Å². The van der Waals surface area contributed by atoms with Gasteiger partial charge in [-0.1, -0.05) is 13.3 Å². The molecule has 0 saturated carbocycles. The third kappa shape index (κ3) is 3.68. The number of hydrogen-bond donors (Lipinski definition) is 1. The fourth-order valence-electron chi connectivity index (χ4n) is 5.55. The number of rotatable bonds is 7. The zero-order chi connectivity index (χ0) is 22.2. The number of ether oxygens (including phenoxy) is 3. The maximum absolute atomic E-state index is 11.9. The molecule has 31 heavy (non-hydrogen) atoms. The molecule has 2 fully saturated rings. The summed E-state index contributed by atoms with van der Waals surface area (Å²) in [7, 11) is 3.23. The van der Waals surface area contributed by atoms with E-state index in [9.17, 15) is 9.90 Å². The van der Waals surface area contributed by atoms with Crippen molar-refractivity contribution in [1.29, 1.82) is 0 Å². The summed E-state index contributed by atoms with van der Waals surface area (Å²) in [5.74, 6) is 1.23. The van der Waals surface area contributed by atoms with Crippen molar-refractivity contribution in [2.75, 3.05) is 33.9 Å². The molecule has 3 aliphatic rings. The number of aliphatic imine (C=N–C) groups is 1. The molecule has 3 heterocycles. The second-order valence-corrected chi connectivity index (χ2v) is 9.29. The molecule has 1 aromatic rings. The number of methoxy groups -OCH3 is 2. The third-order valence-electron chi connectivity index (χ3n) is 6.99. The van der Waals surface area contributed by atoms with E-state index in [0.29, 0.717) is 24.6 Å². The number of carbonyl (C=O) groups is 1. The van der Waals surface area contributed by atoms with Gasteiger partial charge in [0.15, 0.2) is 0 Å². The zero-order valence-electron chi connectivity index (χ0n) is 18.1. The number of nitrogens with zero attached hydrogens (tertiary/aromatic N) is 2.